The van der Waals surface area contributed by atoms with Gasteiger partial charge in [0, 0.05) is 24.8 Å². The maximum atomic E-state index is 12.9. The monoisotopic (exact) mass is 502 g/mol. The molecule has 1 heterocycles. The topological polar surface area (TPSA) is 115 Å². The normalized spacial score (nSPS) is 11.4. The highest BCUT2D eigenvalue weighted by atomic mass is 35.5. The first-order valence-corrected chi connectivity index (χ1v) is 11.4. The molecule has 0 unspecified atom stereocenters. The number of nitrogens with zero attached hydrogens (tertiary/aromatic N) is 3. The minimum atomic E-state index is -0.730. The fourth-order valence-electron chi connectivity index (χ4n) is 2.96. The average Bonchev–Trinajstić information content (AvgIpc) is 2.82. The van der Waals surface area contributed by atoms with Crippen molar-refractivity contribution in [1.82, 2.24) is 9.13 Å². The lowest BCUT2D eigenvalue weighted by Gasteiger charge is -2.13. The minimum absolute atomic E-state index is 0.0796. The van der Waals surface area contributed by atoms with E-state index in [9.17, 15) is 19.5 Å². The van der Waals surface area contributed by atoms with Gasteiger partial charge in [-0.15, -0.1) is 0 Å². The number of amides is 1. The van der Waals surface area contributed by atoms with E-state index in [1.54, 1.807) is 42.5 Å². The van der Waals surface area contributed by atoms with Crippen molar-refractivity contribution in [2.75, 3.05) is 18.2 Å². The van der Waals surface area contributed by atoms with E-state index >= 15 is 0 Å². The van der Waals surface area contributed by atoms with Gasteiger partial charge in [-0.25, -0.2) is 9.79 Å². The summed E-state index contributed by atoms with van der Waals surface area (Å²) in [6.07, 6.45) is 0. The number of rotatable bonds is 6. The molecule has 0 fully saturated rings. The van der Waals surface area contributed by atoms with E-state index in [0.717, 1.165) is 26.5 Å². The SMILES string of the molecule is COc1ccc(N=C(SCC(=O)Nc2ccc(C)c(Cl)c2)c2c(O)n(C)c(=O)n(C)c2=O)cc1. The second kappa shape index (κ2) is 10.6. The van der Waals surface area contributed by atoms with Crippen LogP contribution in [-0.2, 0) is 18.9 Å². The Labute approximate surface area is 204 Å². The fourth-order valence-corrected chi connectivity index (χ4v) is 3.97. The van der Waals surface area contributed by atoms with Crippen molar-refractivity contribution in [3.8, 4) is 11.6 Å². The Bertz CT molecular complexity index is 1380. The number of halogens is 1. The fraction of sp³-hybridized carbons (Fsp3) is 0.217. The molecular weight excluding hydrogens is 480 g/mol. The highest BCUT2D eigenvalue weighted by molar-refractivity contribution is 8.15. The number of aryl methyl sites for hydroxylation is 1. The Hall–Kier alpha value is -3.50. The van der Waals surface area contributed by atoms with Crippen molar-refractivity contribution in [2.45, 2.75) is 6.92 Å². The highest BCUT2D eigenvalue weighted by Gasteiger charge is 2.22. The Morgan fingerprint density at radius 2 is 1.82 bits per heavy atom. The number of thioether (sulfide) groups is 1. The second-order valence-electron chi connectivity index (χ2n) is 7.32. The standard InChI is InChI=1S/C23H23ClN4O5S/c1-13-5-6-15(11-17(13)24)25-18(29)12-34-20(26-14-7-9-16(33-4)10-8-14)19-21(30)27(2)23(32)28(3)22(19)31/h5-11,30H,12H2,1-4H3,(H,25,29). The van der Waals surface area contributed by atoms with Crippen LogP contribution >= 0.6 is 23.4 Å². The van der Waals surface area contributed by atoms with E-state index in [0.29, 0.717) is 22.1 Å². The number of carbonyl (C=O) groups excluding carboxylic acids is 1. The van der Waals surface area contributed by atoms with Crippen LogP contribution in [0.15, 0.2) is 57.0 Å². The third-order valence-corrected chi connectivity index (χ3v) is 6.33. The Morgan fingerprint density at radius 3 is 2.44 bits per heavy atom. The van der Waals surface area contributed by atoms with Crippen molar-refractivity contribution >= 4 is 45.7 Å². The largest absolute Gasteiger partial charge is 0.497 e. The molecule has 0 saturated carbocycles. The minimum Gasteiger partial charge on any atom is -0.497 e. The van der Waals surface area contributed by atoms with Crippen LogP contribution in [0.2, 0.25) is 5.02 Å². The zero-order valence-corrected chi connectivity index (χ0v) is 20.5. The number of hydrogen-bond acceptors (Lipinski definition) is 7. The molecule has 0 radical (unpaired) electrons. The quantitative estimate of drug-likeness (QED) is 0.395. The maximum Gasteiger partial charge on any atom is 0.333 e. The van der Waals surface area contributed by atoms with Crippen molar-refractivity contribution in [3.63, 3.8) is 0 Å². The van der Waals surface area contributed by atoms with Gasteiger partial charge in [0.25, 0.3) is 5.56 Å². The Balaban J connectivity index is 1.96. The van der Waals surface area contributed by atoms with Gasteiger partial charge in [0.05, 0.1) is 18.6 Å². The number of methoxy groups -OCH3 is 1. The lowest BCUT2D eigenvalue weighted by molar-refractivity contribution is -0.113. The Morgan fingerprint density at radius 1 is 1.15 bits per heavy atom. The summed E-state index contributed by atoms with van der Waals surface area (Å²) in [5, 5.41) is 13.9. The van der Waals surface area contributed by atoms with Crippen LogP contribution in [0.5, 0.6) is 11.6 Å². The summed E-state index contributed by atoms with van der Waals surface area (Å²) >= 11 is 7.07. The molecule has 2 aromatic carbocycles. The van der Waals surface area contributed by atoms with Gasteiger partial charge in [0.1, 0.15) is 16.4 Å². The zero-order valence-electron chi connectivity index (χ0n) is 19.0. The summed E-state index contributed by atoms with van der Waals surface area (Å²) in [5.74, 6) is -0.413. The number of aromatic nitrogens is 2. The van der Waals surface area contributed by atoms with Crippen molar-refractivity contribution < 1.29 is 14.6 Å². The predicted octanol–water partition coefficient (Wildman–Crippen LogP) is 3.21. The molecule has 0 saturated heterocycles. The summed E-state index contributed by atoms with van der Waals surface area (Å²) in [6, 6.07) is 11.9. The number of hydrogen-bond donors (Lipinski definition) is 2. The van der Waals surface area contributed by atoms with Crippen LogP contribution in [0.3, 0.4) is 0 Å². The smallest absolute Gasteiger partial charge is 0.333 e. The molecule has 0 spiro atoms. The summed E-state index contributed by atoms with van der Waals surface area (Å²) < 4.78 is 6.95. The first kappa shape index (κ1) is 25.1. The van der Waals surface area contributed by atoms with E-state index in [-0.39, 0.29) is 22.3 Å². The number of benzene rings is 2. The predicted molar refractivity (Wildman–Crippen MR) is 135 cm³/mol. The van der Waals surface area contributed by atoms with Crippen LogP contribution in [0, 0.1) is 6.92 Å². The van der Waals surface area contributed by atoms with Crippen LogP contribution in [0.1, 0.15) is 11.1 Å². The summed E-state index contributed by atoms with van der Waals surface area (Å²) in [4.78, 5) is 42.1. The molecule has 3 rings (SSSR count). The number of anilines is 1. The molecule has 1 amide bonds. The molecular formula is C23H23ClN4O5S. The molecule has 2 N–H and O–H groups in total. The van der Waals surface area contributed by atoms with Crippen molar-refractivity contribution in [1.29, 1.82) is 0 Å². The van der Waals surface area contributed by atoms with Gasteiger partial charge >= 0.3 is 5.69 Å². The third-order valence-electron chi connectivity index (χ3n) is 4.95. The average molecular weight is 503 g/mol. The van der Waals surface area contributed by atoms with Gasteiger partial charge in [-0.2, -0.15) is 0 Å². The first-order valence-electron chi connectivity index (χ1n) is 10.0. The lowest BCUT2D eigenvalue weighted by atomic mass is 10.2. The van der Waals surface area contributed by atoms with E-state index in [1.165, 1.54) is 21.2 Å². The van der Waals surface area contributed by atoms with Gasteiger partial charge in [-0.1, -0.05) is 29.4 Å². The van der Waals surface area contributed by atoms with Crippen LogP contribution in [-0.4, -0.2) is 38.1 Å². The van der Waals surface area contributed by atoms with Gasteiger partial charge in [-0.05, 0) is 48.9 Å². The molecule has 3 aromatic rings. The van der Waals surface area contributed by atoms with Gasteiger partial charge in [-0.3, -0.25) is 18.7 Å². The molecule has 0 bridgehead atoms. The van der Waals surface area contributed by atoms with E-state index < -0.39 is 17.1 Å². The molecule has 34 heavy (non-hydrogen) atoms. The maximum absolute atomic E-state index is 12.9. The van der Waals surface area contributed by atoms with E-state index in [1.807, 2.05) is 6.92 Å². The molecule has 0 aliphatic heterocycles. The van der Waals surface area contributed by atoms with Gasteiger partial charge in [0.15, 0.2) is 0 Å². The molecule has 1 aromatic heterocycles. The van der Waals surface area contributed by atoms with E-state index in [4.69, 9.17) is 16.3 Å². The summed E-state index contributed by atoms with van der Waals surface area (Å²) in [7, 11) is 4.17. The zero-order chi connectivity index (χ0) is 25.0. The van der Waals surface area contributed by atoms with Crippen LogP contribution < -0.4 is 21.3 Å². The number of ether oxygens (including phenoxy) is 1. The highest BCUT2D eigenvalue weighted by Crippen LogP contribution is 2.25. The second-order valence-corrected chi connectivity index (χ2v) is 8.69. The molecule has 0 aliphatic rings. The molecule has 178 valence electrons. The van der Waals surface area contributed by atoms with E-state index in [2.05, 4.69) is 10.3 Å². The lowest BCUT2D eigenvalue weighted by Crippen LogP contribution is -2.39. The molecule has 9 nitrogen and oxygen atoms in total. The number of carbonyl (C=O) groups is 1. The molecule has 11 heteroatoms. The first-order chi connectivity index (χ1) is 16.1. The summed E-state index contributed by atoms with van der Waals surface area (Å²) in [5.41, 5.74) is 0.265. The number of aliphatic imine (C=N–C) groups is 1. The van der Waals surface area contributed by atoms with Crippen molar-refractivity contribution in [3.05, 3.63) is 79.5 Å². The van der Waals surface area contributed by atoms with Crippen LogP contribution in [0.4, 0.5) is 11.4 Å². The van der Waals surface area contributed by atoms with Crippen molar-refractivity contribution in [2.24, 2.45) is 19.1 Å². The third kappa shape index (κ3) is 5.52. The number of aromatic hydroxyl groups is 1. The summed E-state index contributed by atoms with van der Waals surface area (Å²) in [6.45, 7) is 1.85. The number of nitrogens with one attached hydrogen (secondary N) is 1. The molecule has 0 atom stereocenters. The molecule has 0 aliphatic carbocycles. The van der Waals surface area contributed by atoms with Crippen LogP contribution in [0.25, 0.3) is 0 Å². The van der Waals surface area contributed by atoms with Gasteiger partial charge < -0.3 is 15.2 Å². The Kier molecular flexibility index (Phi) is 7.85. The van der Waals surface area contributed by atoms with Gasteiger partial charge in [0.2, 0.25) is 11.8 Å².